The number of carbonyl (C=O) groups excluding carboxylic acids is 1. The average Bonchev–Trinajstić information content (AvgIpc) is 2.60. The van der Waals surface area contributed by atoms with E-state index in [1.165, 1.54) is 0 Å². The molecule has 0 aromatic heterocycles. The summed E-state index contributed by atoms with van der Waals surface area (Å²) in [6, 6.07) is 16.8. The maximum Gasteiger partial charge on any atom is 0.185 e. The molecule has 2 rings (SSSR count). The van der Waals surface area contributed by atoms with Crippen molar-refractivity contribution in [2.45, 2.75) is 13.0 Å². The van der Waals surface area contributed by atoms with Gasteiger partial charge in [-0.3, -0.25) is 4.79 Å². The van der Waals surface area contributed by atoms with Gasteiger partial charge < -0.3 is 9.64 Å². The van der Waals surface area contributed by atoms with Crippen LogP contribution in [0.2, 0.25) is 0 Å². The monoisotopic (exact) mass is 320 g/mol. The zero-order valence-corrected chi connectivity index (χ0v) is 14.1. The molecule has 0 aliphatic carbocycles. The summed E-state index contributed by atoms with van der Waals surface area (Å²) < 4.78 is 5.39. The van der Waals surface area contributed by atoms with Gasteiger partial charge in [-0.15, -0.1) is 0 Å². The number of allylic oxidation sites excluding steroid dienone is 1. The van der Waals surface area contributed by atoms with Gasteiger partial charge in [0.15, 0.2) is 11.9 Å². The van der Waals surface area contributed by atoms with Crippen LogP contribution in [0.5, 0.6) is 5.75 Å². The topological polar surface area (TPSA) is 53.3 Å². The number of rotatable bonds is 6. The minimum absolute atomic E-state index is 0.0428. The van der Waals surface area contributed by atoms with Crippen LogP contribution >= 0.6 is 0 Å². The zero-order chi connectivity index (χ0) is 17.5. The Morgan fingerprint density at radius 1 is 1.12 bits per heavy atom. The molecule has 2 aromatic rings. The van der Waals surface area contributed by atoms with Gasteiger partial charge in [-0.05, 0) is 55.0 Å². The third-order valence-electron chi connectivity index (χ3n) is 3.47. The Bertz CT molecular complexity index is 754. The third kappa shape index (κ3) is 4.72. The van der Waals surface area contributed by atoms with Crippen LogP contribution in [0.4, 0.5) is 5.69 Å². The molecule has 0 spiro atoms. The summed E-state index contributed by atoms with van der Waals surface area (Å²) in [4.78, 5) is 14.2. The third-order valence-corrected chi connectivity index (χ3v) is 3.47. The summed E-state index contributed by atoms with van der Waals surface area (Å²) in [7, 11) is 3.92. The van der Waals surface area contributed by atoms with E-state index >= 15 is 0 Å². The molecule has 24 heavy (non-hydrogen) atoms. The normalized spacial score (nSPS) is 11.8. The molecule has 0 aliphatic rings. The van der Waals surface area contributed by atoms with E-state index < -0.39 is 6.10 Å². The lowest BCUT2D eigenvalue weighted by Crippen LogP contribution is -2.08. The number of ether oxygens (including phenoxy) is 1. The maximum absolute atomic E-state index is 12.2. The number of benzene rings is 2. The summed E-state index contributed by atoms with van der Waals surface area (Å²) in [5.41, 5.74) is 2.60. The second-order valence-electron chi connectivity index (χ2n) is 5.60. The Balaban J connectivity index is 2.02. The van der Waals surface area contributed by atoms with Gasteiger partial charge in [0.25, 0.3) is 0 Å². The van der Waals surface area contributed by atoms with Gasteiger partial charge in [-0.25, -0.2) is 0 Å². The van der Waals surface area contributed by atoms with Gasteiger partial charge in [0.2, 0.25) is 0 Å². The van der Waals surface area contributed by atoms with E-state index in [1.54, 1.807) is 31.2 Å². The fourth-order valence-corrected chi connectivity index (χ4v) is 2.08. The van der Waals surface area contributed by atoms with E-state index in [0.29, 0.717) is 11.3 Å². The molecule has 0 N–H and O–H groups in total. The molecule has 122 valence electrons. The molecule has 0 fully saturated rings. The van der Waals surface area contributed by atoms with E-state index in [-0.39, 0.29) is 5.78 Å². The SMILES string of the molecule is C[C@H](C#N)Oc1ccc(/C=C/C(=O)c2ccc(N(C)C)cc2)cc1. The first-order valence-corrected chi connectivity index (χ1v) is 7.66. The largest absolute Gasteiger partial charge is 0.476 e. The smallest absolute Gasteiger partial charge is 0.185 e. The van der Waals surface area contributed by atoms with Crippen LogP contribution in [0.1, 0.15) is 22.8 Å². The van der Waals surface area contributed by atoms with Gasteiger partial charge in [-0.1, -0.05) is 18.2 Å². The number of hydrogen-bond acceptors (Lipinski definition) is 4. The number of carbonyl (C=O) groups is 1. The predicted octanol–water partition coefficient (Wildman–Crippen LogP) is 3.94. The number of anilines is 1. The van der Waals surface area contributed by atoms with E-state index in [0.717, 1.165) is 11.3 Å². The van der Waals surface area contributed by atoms with Crippen LogP contribution in [0.25, 0.3) is 6.08 Å². The Morgan fingerprint density at radius 3 is 2.29 bits per heavy atom. The van der Waals surface area contributed by atoms with E-state index in [1.807, 2.05) is 61.5 Å². The molecule has 0 bridgehead atoms. The van der Waals surface area contributed by atoms with Crippen molar-refractivity contribution in [2.24, 2.45) is 0 Å². The van der Waals surface area contributed by atoms with Crippen molar-refractivity contribution in [3.63, 3.8) is 0 Å². The number of hydrogen-bond donors (Lipinski definition) is 0. The maximum atomic E-state index is 12.2. The first-order chi connectivity index (χ1) is 11.5. The Labute approximate surface area is 142 Å². The van der Waals surface area contributed by atoms with Gasteiger partial charge in [0, 0.05) is 25.3 Å². The van der Waals surface area contributed by atoms with E-state index in [2.05, 4.69) is 0 Å². The van der Waals surface area contributed by atoms with Crippen LogP contribution in [0.3, 0.4) is 0 Å². The Kier molecular flexibility index (Phi) is 5.75. The highest BCUT2D eigenvalue weighted by molar-refractivity contribution is 6.06. The van der Waals surface area contributed by atoms with E-state index in [9.17, 15) is 4.79 Å². The van der Waals surface area contributed by atoms with Gasteiger partial charge >= 0.3 is 0 Å². The van der Waals surface area contributed by atoms with Crippen molar-refractivity contribution in [1.29, 1.82) is 5.26 Å². The highest BCUT2D eigenvalue weighted by atomic mass is 16.5. The van der Waals surface area contributed by atoms with Crippen molar-refractivity contribution >= 4 is 17.5 Å². The molecule has 4 heteroatoms. The summed E-state index contributed by atoms with van der Waals surface area (Å²) >= 11 is 0. The quantitative estimate of drug-likeness (QED) is 0.597. The van der Waals surface area contributed by atoms with Gasteiger partial charge in [0.05, 0.1) is 0 Å². The molecular formula is C20H20N2O2. The molecule has 0 unspecified atom stereocenters. The molecule has 0 saturated heterocycles. The van der Waals surface area contributed by atoms with Crippen LogP contribution in [0, 0.1) is 11.3 Å². The molecule has 0 amide bonds. The molecule has 0 radical (unpaired) electrons. The summed E-state index contributed by atoms with van der Waals surface area (Å²) in [6.45, 7) is 1.69. The lowest BCUT2D eigenvalue weighted by molar-refractivity contribution is 0.104. The van der Waals surface area contributed by atoms with Gasteiger partial charge in [-0.2, -0.15) is 5.26 Å². The average molecular weight is 320 g/mol. The van der Waals surface area contributed by atoms with Crippen LogP contribution in [0.15, 0.2) is 54.6 Å². The first-order valence-electron chi connectivity index (χ1n) is 7.66. The molecular weight excluding hydrogens is 300 g/mol. The molecule has 0 aliphatic heterocycles. The lowest BCUT2D eigenvalue weighted by atomic mass is 10.1. The number of ketones is 1. The minimum atomic E-state index is -0.488. The summed E-state index contributed by atoms with van der Waals surface area (Å²) in [6.07, 6.45) is 2.83. The lowest BCUT2D eigenvalue weighted by Gasteiger charge is -2.11. The standard InChI is InChI=1S/C20H20N2O2/c1-15(14-21)24-19-11-4-16(5-12-19)6-13-20(23)17-7-9-18(10-8-17)22(2)3/h4-13,15H,1-3H3/b13-6+/t15-/m1/s1. The molecule has 0 heterocycles. The summed E-state index contributed by atoms with van der Waals surface area (Å²) in [5.74, 6) is 0.588. The van der Waals surface area contributed by atoms with Crippen molar-refractivity contribution in [3.8, 4) is 11.8 Å². The predicted molar refractivity (Wildman–Crippen MR) is 96.3 cm³/mol. The van der Waals surface area contributed by atoms with Crippen molar-refractivity contribution in [3.05, 3.63) is 65.7 Å². The van der Waals surface area contributed by atoms with Crippen molar-refractivity contribution in [1.82, 2.24) is 0 Å². The molecule has 4 nitrogen and oxygen atoms in total. The molecule has 0 saturated carbocycles. The number of nitriles is 1. The van der Waals surface area contributed by atoms with Crippen LogP contribution in [-0.2, 0) is 0 Å². The zero-order valence-electron chi connectivity index (χ0n) is 14.1. The Hall–Kier alpha value is -3.06. The second kappa shape index (κ2) is 7.98. The fraction of sp³-hybridized carbons (Fsp3) is 0.200. The summed E-state index contributed by atoms with van der Waals surface area (Å²) in [5, 5.41) is 8.73. The molecule has 2 aromatic carbocycles. The first kappa shape index (κ1) is 17.3. The van der Waals surface area contributed by atoms with Crippen molar-refractivity contribution < 1.29 is 9.53 Å². The fourth-order valence-electron chi connectivity index (χ4n) is 2.08. The highest BCUT2D eigenvalue weighted by Crippen LogP contribution is 2.16. The second-order valence-corrected chi connectivity index (χ2v) is 5.60. The molecule has 1 atom stereocenters. The van der Waals surface area contributed by atoms with Crippen LogP contribution < -0.4 is 9.64 Å². The minimum Gasteiger partial charge on any atom is -0.476 e. The highest BCUT2D eigenvalue weighted by Gasteiger charge is 2.03. The van der Waals surface area contributed by atoms with Crippen LogP contribution in [-0.4, -0.2) is 26.0 Å². The Morgan fingerprint density at radius 2 is 1.75 bits per heavy atom. The van der Waals surface area contributed by atoms with Crippen molar-refractivity contribution in [2.75, 3.05) is 19.0 Å². The van der Waals surface area contributed by atoms with Gasteiger partial charge in [0.1, 0.15) is 11.8 Å². The number of nitrogens with zero attached hydrogens (tertiary/aromatic N) is 2. The van der Waals surface area contributed by atoms with E-state index in [4.69, 9.17) is 10.00 Å².